The molecular weight excluding hydrogens is 220 g/mol. The average Bonchev–Trinajstić information content (AvgIpc) is 2.28. The zero-order valence-electron chi connectivity index (χ0n) is 7.83. The van der Waals surface area contributed by atoms with Crippen molar-refractivity contribution in [2.24, 2.45) is 0 Å². The number of hydrogen-bond donors (Lipinski definition) is 0. The monoisotopic (exact) mass is 228 g/mol. The van der Waals surface area contributed by atoms with Gasteiger partial charge >= 0.3 is 0 Å². The van der Waals surface area contributed by atoms with Gasteiger partial charge in [-0.25, -0.2) is 8.42 Å². The summed E-state index contributed by atoms with van der Waals surface area (Å²) in [6.07, 6.45) is 0. The molecule has 4 heteroatoms. The summed E-state index contributed by atoms with van der Waals surface area (Å²) in [7, 11) is -3.30. The second kappa shape index (κ2) is 2.84. The van der Waals surface area contributed by atoms with Crippen molar-refractivity contribution in [3.8, 4) is 0 Å². The minimum atomic E-state index is -3.30. The first kappa shape index (κ1) is 9.74. The zero-order valence-corrected chi connectivity index (χ0v) is 9.41. The molecule has 14 heavy (non-hydrogen) atoms. The van der Waals surface area contributed by atoms with Crippen molar-refractivity contribution >= 4 is 26.5 Å². The van der Waals surface area contributed by atoms with Crippen LogP contribution in [-0.2, 0) is 9.84 Å². The van der Waals surface area contributed by atoms with Gasteiger partial charge in [0.1, 0.15) is 0 Å². The van der Waals surface area contributed by atoms with Gasteiger partial charge in [0.25, 0.3) is 0 Å². The van der Waals surface area contributed by atoms with Crippen LogP contribution in [0.4, 0.5) is 0 Å². The third-order valence-electron chi connectivity index (χ3n) is 2.37. The first-order valence-corrected chi connectivity index (χ1v) is 6.03. The molecule has 2 rings (SSSR count). The quantitative estimate of drug-likeness (QED) is 0.684. The Balaban J connectivity index is 2.87. The molecule has 74 valence electrons. The second-order valence-electron chi connectivity index (χ2n) is 3.37. The van der Waals surface area contributed by atoms with Crippen LogP contribution in [0.3, 0.4) is 0 Å². The summed E-state index contributed by atoms with van der Waals surface area (Å²) in [5, 5.41) is 0.351. The molecule has 0 atom stereocenters. The number of fused-ring (bicyclic) bond motifs is 1. The van der Waals surface area contributed by atoms with E-state index in [1.165, 1.54) is 6.92 Å². The molecule has 0 saturated heterocycles. The Bertz CT molecular complexity index is 541. The summed E-state index contributed by atoms with van der Waals surface area (Å²) >= 11 is 5.95. The first-order chi connectivity index (χ1) is 6.44. The number of allylic oxidation sites excluding steroid dienone is 1. The molecule has 0 saturated carbocycles. The van der Waals surface area contributed by atoms with Crippen LogP contribution in [0, 0.1) is 6.92 Å². The van der Waals surface area contributed by atoms with Crippen molar-refractivity contribution in [1.29, 1.82) is 0 Å². The van der Waals surface area contributed by atoms with Crippen LogP contribution in [0.15, 0.2) is 28.0 Å². The van der Waals surface area contributed by atoms with E-state index in [-0.39, 0.29) is 4.91 Å². The van der Waals surface area contributed by atoms with Crippen molar-refractivity contribution < 1.29 is 8.42 Å². The Labute approximate surface area is 88.1 Å². The van der Waals surface area contributed by atoms with E-state index in [2.05, 4.69) is 0 Å². The van der Waals surface area contributed by atoms with E-state index < -0.39 is 9.84 Å². The fourth-order valence-electron chi connectivity index (χ4n) is 1.52. The maximum Gasteiger partial charge on any atom is 0.204 e. The van der Waals surface area contributed by atoms with Gasteiger partial charge < -0.3 is 0 Å². The van der Waals surface area contributed by atoms with Gasteiger partial charge in [0.15, 0.2) is 0 Å². The molecule has 0 bridgehead atoms. The highest BCUT2D eigenvalue weighted by molar-refractivity contribution is 7.96. The number of halogens is 1. The van der Waals surface area contributed by atoms with Crippen molar-refractivity contribution in [2.75, 3.05) is 0 Å². The number of sulfone groups is 1. The molecule has 1 aliphatic rings. The molecule has 0 aliphatic carbocycles. The molecule has 0 unspecified atom stereocenters. The van der Waals surface area contributed by atoms with Crippen LogP contribution in [0.1, 0.15) is 18.1 Å². The Kier molecular flexibility index (Phi) is 1.98. The fraction of sp³-hybridized carbons (Fsp3) is 0.200. The summed E-state index contributed by atoms with van der Waals surface area (Å²) in [5.41, 5.74) is 1.64. The van der Waals surface area contributed by atoms with E-state index in [0.717, 1.165) is 5.56 Å². The molecule has 0 radical (unpaired) electrons. The molecule has 1 aromatic rings. The molecule has 1 aliphatic heterocycles. The van der Waals surface area contributed by atoms with E-state index >= 15 is 0 Å². The minimum absolute atomic E-state index is 0.250. The van der Waals surface area contributed by atoms with E-state index in [1.807, 2.05) is 6.92 Å². The smallest absolute Gasteiger partial charge is 0.204 e. The molecule has 0 N–H and O–H groups in total. The predicted octanol–water partition coefficient (Wildman–Crippen LogP) is 2.71. The molecular formula is C10H9ClO2S. The van der Waals surface area contributed by atoms with Gasteiger partial charge in [0.2, 0.25) is 9.84 Å². The summed E-state index contributed by atoms with van der Waals surface area (Å²) in [4.78, 5) is 0.574. The Morgan fingerprint density at radius 2 is 1.86 bits per heavy atom. The van der Waals surface area contributed by atoms with Gasteiger partial charge in [0.05, 0.1) is 14.8 Å². The predicted molar refractivity (Wildman–Crippen MR) is 56.8 cm³/mol. The van der Waals surface area contributed by atoms with Gasteiger partial charge in [-0.05, 0) is 26.0 Å². The maximum absolute atomic E-state index is 11.8. The van der Waals surface area contributed by atoms with Crippen molar-refractivity contribution in [3.63, 3.8) is 0 Å². The fourth-order valence-corrected chi connectivity index (χ4v) is 3.41. The van der Waals surface area contributed by atoms with Crippen LogP contribution < -0.4 is 0 Å². The lowest BCUT2D eigenvalue weighted by molar-refractivity contribution is 0.603. The number of rotatable bonds is 0. The normalized spacial score (nSPS) is 18.5. The molecule has 1 heterocycles. The second-order valence-corrected chi connectivity index (χ2v) is 5.81. The van der Waals surface area contributed by atoms with Crippen LogP contribution >= 0.6 is 11.6 Å². The molecule has 0 spiro atoms. The Morgan fingerprint density at radius 1 is 1.21 bits per heavy atom. The van der Waals surface area contributed by atoms with Crippen molar-refractivity contribution in [3.05, 3.63) is 34.2 Å². The van der Waals surface area contributed by atoms with E-state index in [9.17, 15) is 8.42 Å². The summed E-state index contributed by atoms with van der Waals surface area (Å²) in [6, 6.07) is 5.18. The Hall–Kier alpha value is -0.800. The van der Waals surface area contributed by atoms with Gasteiger partial charge in [0, 0.05) is 5.56 Å². The number of hydrogen-bond acceptors (Lipinski definition) is 2. The standard InChI is InChI=1S/C10H9ClO2S/c1-6-3-4-9-8(5-6)10(11)7(2)14(9,12)13/h3-5H,1-2H3. The lowest BCUT2D eigenvalue weighted by atomic mass is 10.1. The minimum Gasteiger partial charge on any atom is -0.219 e. The average molecular weight is 229 g/mol. The number of aryl methyl sites for hydroxylation is 1. The van der Waals surface area contributed by atoms with E-state index in [1.54, 1.807) is 18.2 Å². The maximum atomic E-state index is 11.8. The molecule has 0 fully saturated rings. The molecule has 2 nitrogen and oxygen atoms in total. The van der Waals surface area contributed by atoms with Crippen LogP contribution in [0.25, 0.3) is 5.03 Å². The largest absolute Gasteiger partial charge is 0.219 e. The SMILES string of the molecule is CC1=C(Cl)c2cc(C)ccc2S1(=O)=O. The lowest BCUT2D eigenvalue weighted by Gasteiger charge is -2.00. The zero-order chi connectivity index (χ0) is 10.5. The first-order valence-electron chi connectivity index (χ1n) is 4.17. The van der Waals surface area contributed by atoms with E-state index in [4.69, 9.17) is 11.6 Å². The molecule has 0 amide bonds. The van der Waals surface area contributed by atoms with Crippen molar-refractivity contribution in [2.45, 2.75) is 18.7 Å². The topological polar surface area (TPSA) is 34.1 Å². The van der Waals surface area contributed by atoms with E-state index in [0.29, 0.717) is 15.5 Å². The summed E-state index contributed by atoms with van der Waals surface area (Å²) in [5.74, 6) is 0. The van der Waals surface area contributed by atoms with Crippen LogP contribution in [0.5, 0.6) is 0 Å². The van der Waals surface area contributed by atoms with Crippen molar-refractivity contribution in [1.82, 2.24) is 0 Å². The van der Waals surface area contributed by atoms with Crippen LogP contribution in [0.2, 0.25) is 0 Å². The molecule has 0 aromatic heterocycles. The van der Waals surface area contributed by atoms with Gasteiger partial charge in [-0.1, -0.05) is 23.2 Å². The highest BCUT2D eigenvalue weighted by Gasteiger charge is 2.31. The third-order valence-corrected chi connectivity index (χ3v) is 4.92. The highest BCUT2D eigenvalue weighted by atomic mass is 35.5. The van der Waals surface area contributed by atoms with Gasteiger partial charge in [-0.2, -0.15) is 0 Å². The highest BCUT2D eigenvalue weighted by Crippen LogP contribution is 2.41. The summed E-state index contributed by atoms with van der Waals surface area (Å²) < 4.78 is 23.5. The number of benzene rings is 1. The molecule has 1 aromatic carbocycles. The van der Waals surface area contributed by atoms with Crippen LogP contribution in [-0.4, -0.2) is 8.42 Å². The third kappa shape index (κ3) is 1.12. The lowest BCUT2D eigenvalue weighted by Crippen LogP contribution is -1.97. The Morgan fingerprint density at radius 3 is 2.50 bits per heavy atom. The summed E-state index contributed by atoms with van der Waals surface area (Å²) in [6.45, 7) is 3.44. The van der Waals surface area contributed by atoms with Gasteiger partial charge in [-0.3, -0.25) is 0 Å². The van der Waals surface area contributed by atoms with Gasteiger partial charge in [-0.15, -0.1) is 0 Å².